The normalized spacial score (nSPS) is 13.9. The summed E-state index contributed by atoms with van der Waals surface area (Å²) >= 11 is 0. The summed E-state index contributed by atoms with van der Waals surface area (Å²) in [6.07, 6.45) is 4.35. The van der Waals surface area contributed by atoms with Gasteiger partial charge in [0, 0.05) is 0 Å². The van der Waals surface area contributed by atoms with E-state index in [1.807, 2.05) is 67.6 Å². The van der Waals surface area contributed by atoms with Crippen LogP contribution < -0.4 is 24.0 Å². The first kappa shape index (κ1) is 25.6. The molecule has 37 heavy (non-hydrogen) atoms. The molecule has 0 spiro atoms. The minimum atomic E-state index is -0.198. The Hall–Kier alpha value is -4.52. The van der Waals surface area contributed by atoms with E-state index in [1.165, 1.54) is 5.01 Å². The highest BCUT2D eigenvalue weighted by Gasteiger charge is 2.29. The summed E-state index contributed by atoms with van der Waals surface area (Å²) in [5.41, 5.74) is 3.62. The zero-order chi connectivity index (χ0) is 26.2. The lowest BCUT2D eigenvalue weighted by atomic mass is 10.1. The number of nitrogens with zero attached hydrogens (tertiary/aromatic N) is 2. The molecule has 0 aromatic heterocycles. The van der Waals surface area contributed by atoms with Crippen molar-refractivity contribution in [3.8, 4) is 23.0 Å². The Balaban J connectivity index is 1.50. The van der Waals surface area contributed by atoms with Crippen molar-refractivity contribution in [1.82, 2.24) is 0 Å². The molecule has 1 aliphatic rings. The molecule has 1 amide bonds. The monoisotopic (exact) mass is 498 g/mol. The van der Waals surface area contributed by atoms with Crippen LogP contribution in [0.15, 0.2) is 90.1 Å². The summed E-state index contributed by atoms with van der Waals surface area (Å²) in [6.45, 7) is 6.23. The van der Waals surface area contributed by atoms with Crippen molar-refractivity contribution in [2.24, 2.45) is 5.10 Å². The fourth-order valence-electron chi connectivity index (χ4n) is 3.99. The van der Waals surface area contributed by atoms with E-state index in [1.54, 1.807) is 32.4 Å². The van der Waals surface area contributed by atoms with Crippen molar-refractivity contribution in [2.75, 3.05) is 32.4 Å². The highest BCUT2D eigenvalue weighted by Crippen LogP contribution is 2.39. The van der Waals surface area contributed by atoms with E-state index in [2.05, 4.69) is 11.7 Å². The number of hydrogen-bond acceptors (Lipinski definition) is 6. The first-order chi connectivity index (χ1) is 18.0. The average molecular weight is 499 g/mol. The van der Waals surface area contributed by atoms with Crippen molar-refractivity contribution in [3.05, 3.63) is 96.1 Å². The van der Waals surface area contributed by atoms with Gasteiger partial charge in [-0.2, -0.15) is 10.1 Å². The molecule has 0 unspecified atom stereocenters. The number of para-hydroxylation sites is 2. The Labute approximate surface area is 217 Å². The van der Waals surface area contributed by atoms with Crippen LogP contribution in [-0.2, 0) is 11.2 Å². The van der Waals surface area contributed by atoms with E-state index in [4.69, 9.17) is 18.9 Å². The number of allylic oxidation sites excluding steroid dienone is 1. The van der Waals surface area contributed by atoms with Gasteiger partial charge < -0.3 is 18.9 Å². The lowest BCUT2D eigenvalue weighted by Gasteiger charge is -2.16. The van der Waals surface area contributed by atoms with E-state index in [0.29, 0.717) is 40.8 Å². The van der Waals surface area contributed by atoms with Gasteiger partial charge in [-0.3, -0.25) is 4.79 Å². The number of methoxy groups -OCH3 is 2. The van der Waals surface area contributed by atoms with E-state index >= 15 is 0 Å². The zero-order valence-electron chi connectivity index (χ0n) is 21.3. The van der Waals surface area contributed by atoms with Gasteiger partial charge in [-0.15, -0.1) is 6.58 Å². The molecule has 0 N–H and O–H groups in total. The van der Waals surface area contributed by atoms with Crippen molar-refractivity contribution in [3.63, 3.8) is 0 Å². The van der Waals surface area contributed by atoms with Crippen molar-refractivity contribution in [1.29, 1.82) is 0 Å². The van der Waals surface area contributed by atoms with Crippen LogP contribution in [0.3, 0.4) is 0 Å². The lowest BCUT2D eigenvalue weighted by molar-refractivity contribution is -0.114. The zero-order valence-corrected chi connectivity index (χ0v) is 21.3. The molecule has 1 aliphatic heterocycles. The number of hydrogen-bond donors (Lipinski definition) is 0. The molecular weight excluding hydrogens is 468 g/mol. The molecule has 3 aromatic carbocycles. The van der Waals surface area contributed by atoms with Crippen LogP contribution in [0.4, 0.5) is 5.69 Å². The van der Waals surface area contributed by atoms with Crippen LogP contribution in [0.2, 0.25) is 0 Å². The predicted octanol–water partition coefficient (Wildman–Crippen LogP) is 5.70. The summed E-state index contributed by atoms with van der Waals surface area (Å²) in [5.74, 6) is 2.03. The molecule has 7 heteroatoms. The molecule has 0 aliphatic carbocycles. The third kappa shape index (κ3) is 5.83. The summed E-state index contributed by atoms with van der Waals surface area (Å²) in [4.78, 5) is 13.1. The topological polar surface area (TPSA) is 69.6 Å². The smallest absolute Gasteiger partial charge is 0.280 e. The number of rotatable bonds is 11. The molecule has 190 valence electrons. The van der Waals surface area contributed by atoms with Gasteiger partial charge in [0.1, 0.15) is 19.0 Å². The molecule has 0 saturated carbocycles. The maximum atomic E-state index is 13.1. The number of benzene rings is 3. The SMILES string of the molecule is C=CCc1ccccc1OCCOc1c(OC)cc(C=C2C(=O)N(c3ccccc3)N=C2C)cc1OC. The second-order valence-corrected chi connectivity index (χ2v) is 8.25. The highest BCUT2D eigenvalue weighted by molar-refractivity contribution is 6.32. The third-order valence-corrected chi connectivity index (χ3v) is 5.78. The number of amides is 1. The van der Waals surface area contributed by atoms with Crippen LogP contribution in [0.25, 0.3) is 6.08 Å². The van der Waals surface area contributed by atoms with Gasteiger partial charge >= 0.3 is 0 Å². The second kappa shape index (κ2) is 11.9. The highest BCUT2D eigenvalue weighted by atomic mass is 16.6. The van der Waals surface area contributed by atoms with E-state index in [9.17, 15) is 4.79 Å². The Morgan fingerprint density at radius 2 is 1.54 bits per heavy atom. The minimum absolute atomic E-state index is 0.198. The minimum Gasteiger partial charge on any atom is -0.493 e. The van der Waals surface area contributed by atoms with Crippen molar-refractivity contribution < 1.29 is 23.7 Å². The molecule has 0 saturated heterocycles. The maximum absolute atomic E-state index is 13.1. The number of hydrazone groups is 1. The molecule has 0 bridgehead atoms. The molecule has 4 rings (SSSR count). The largest absolute Gasteiger partial charge is 0.493 e. The van der Waals surface area contributed by atoms with E-state index in [0.717, 1.165) is 23.3 Å². The van der Waals surface area contributed by atoms with Gasteiger partial charge in [0.25, 0.3) is 5.91 Å². The predicted molar refractivity (Wildman–Crippen MR) is 146 cm³/mol. The van der Waals surface area contributed by atoms with Crippen molar-refractivity contribution in [2.45, 2.75) is 13.3 Å². The quantitative estimate of drug-likeness (QED) is 0.193. The number of ether oxygens (including phenoxy) is 4. The Kier molecular flexibility index (Phi) is 8.26. The van der Waals surface area contributed by atoms with E-state index < -0.39 is 0 Å². The molecule has 3 aromatic rings. The Morgan fingerprint density at radius 1 is 0.892 bits per heavy atom. The number of carbonyl (C=O) groups excluding carboxylic acids is 1. The molecule has 1 heterocycles. The van der Waals surface area contributed by atoms with Crippen LogP contribution in [0.5, 0.6) is 23.0 Å². The van der Waals surface area contributed by atoms with Gasteiger partial charge in [0.2, 0.25) is 5.75 Å². The average Bonchev–Trinajstić information content (AvgIpc) is 3.21. The molecule has 7 nitrogen and oxygen atoms in total. The molecule has 0 atom stereocenters. The van der Waals surface area contributed by atoms with Gasteiger partial charge in [-0.05, 0) is 60.9 Å². The van der Waals surface area contributed by atoms with Gasteiger partial charge in [-0.1, -0.05) is 42.5 Å². The first-order valence-corrected chi connectivity index (χ1v) is 11.9. The summed E-state index contributed by atoms with van der Waals surface area (Å²) in [5, 5.41) is 5.84. The molecule has 0 fully saturated rings. The molecule has 0 radical (unpaired) electrons. The number of carbonyl (C=O) groups is 1. The van der Waals surface area contributed by atoms with Gasteiger partial charge in [0.05, 0.1) is 31.2 Å². The first-order valence-electron chi connectivity index (χ1n) is 11.9. The van der Waals surface area contributed by atoms with Crippen LogP contribution in [0.1, 0.15) is 18.1 Å². The van der Waals surface area contributed by atoms with Crippen LogP contribution >= 0.6 is 0 Å². The van der Waals surface area contributed by atoms with Crippen molar-refractivity contribution >= 4 is 23.4 Å². The van der Waals surface area contributed by atoms with Gasteiger partial charge in [0.15, 0.2) is 11.5 Å². The summed E-state index contributed by atoms with van der Waals surface area (Å²) in [6, 6.07) is 20.8. The van der Waals surface area contributed by atoms with Crippen LogP contribution in [0, 0.1) is 0 Å². The fourth-order valence-corrected chi connectivity index (χ4v) is 3.99. The second-order valence-electron chi connectivity index (χ2n) is 8.25. The van der Waals surface area contributed by atoms with Crippen LogP contribution in [-0.4, -0.2) is 39.1 Å². The number of anilines is 1. The standard InChI is InChI=1S/C30H30N2O5/c1-5-11-23-12-9-10-15-26(23)36-16-17-37-29-27(34-3)19-22(20-28(29)35-4)18-25-21(2)31-32(30(25)33)24-13-7-6-8-14-24/h5-10,12-15,18-20H,1,11,16-17H2,2-4H3. The molecular formula is C30H30N2O5. The fraction of sp³-hybridized carbons (Fsp3) is 0.200. The summed E-state index contributed by atoms with van der Waals surface area (Å²) in [7, 11) is 3.12. The Morgan fingerprint density at radius 3 is 2.22 bits per heavy atom. The lowest BCUT2D eigenvalue weighted by Crippen LogP contribution is -2.21. The summed E-state index contributed by atoms with van der Waals surface area (Å²) < 4.78 is 23.1. The maximum Gasteiger partial charge on any atom is 0.280 e. The third-order valence-electron chi connectivity index (χ3n) is 5.78. The van der Waals surface area contributed by atoms with E-state index in [-0.39, 0.29) is 12.5 Å². The Bertz CT molecular complexity index is 1310. The van der Waals surface area contributed by atoms with Gasteiger partial charge in [-0.25, -0.2) is 0 Å².